The highest BCUT2D eigenvalue weighted by molar-refractivity contribution is 5.90. The van der Waals surface area contributed by atoms with E-state index in [1.165, 1.54) is 228 Å². The topological polar surface area (TPSA) is 132 Å². The van der Waals surface area contributed by atoms with Crippen molar-refractivity contribution in [2.45, 2.75) is 229 Å². The Labute approximate surface area is 506 Å². The summed E-state index contributed by atoms with van der Waals surface area (Å²) in [5.41, 5.74) is 8.76. The van der Waals surface area contributed by atoms with Gasteiger partial charge in [-0.2, -0.15) is 0 Å². The molecule has 12 rings (SSSR count). The summed E-state index contributed by atoms with van der Waals surface area (Å²) >= 11 is 0. The number of fused-ring (bicyclic) bond motifs is 4. The van der Waals surface area contributed by atoms with Gasteiger partial charge in [0.15, 0.2) is 0 Å². The van der Waals surface area contributed by atoms with Crippen molar-refractivity contribution in [3.63, 3.8) is 0 Å². The average molecular weight is 1140 g/mol. The number of phenolic OH excluding ortho intramolecular Hbond substituents is 4. The molecule has 4 saturated carbocycles. The van der Waals surface area contributed by atoms with E-state index in [0.29, 0.717) is 47.3 Å². The van der Waals surface area contributed by atoms with Crippen molar-refractivity contribution in [3.05, 3.63) is 144 Å². The van der Waals surface area contributed by atoms with Gasteiger partial charge in [0.25, 0.3) is 0 Å². The lowest BCUT2D eigenvalue weighted by Gasteiger charge is -2.58. The minimum atomic E-state index is 0.268. The molecule has 4 N–H and O–H groups in total. The molecule has 4 fully saturated rings. The van der Waals surface area contributed by atoms with Crippen LogP contribution in [0, 0.1) is 29.1 Å². The summed E-state index contributed by atoms with van der Waals surface area (Å²) in [7, 11) is 0. The first kappa shape index (κ1) is 59.1. The third kappa shape index (κ3) is 12.9. The van der Waals surface area contributed by atoms with Crippen LogP contribution in [0.3, 0.4) is 0 Å². The molecule has 4 aliphatic rings. The van der Waals surface area contributed by atoms with E-state index in [0.717, 1.165) is 43.6 Å². The highest BCUT2D eigenvalue weighted by atomic mass is 16.3. The van der Waals surface area contributed by atoms with Gasteiger partial charge in [0.1, 0.15) is 45.1 Å². The molecule has 85 heavy (non-hydrogen) atoms. The van der Waals surface area contributed by atoms with E-state index < -0.39 is 0 Å². The van der Waals surface area contributed by atoms with Gasteiger partial charge >= 0.3 is 0 Å². The lowest BCUT2D eigenvalue weighted by molar-refractivity contribution is -0.0918. The number of aromatic nitrogens is 4. The molecule has 4 heterocycles. The van der Waals surface area contributed by atoms with E-state index in [1.807, 2.05) is 49.1 Å². The lowest BCUT2D eigenvalue weighted by atomic mass is 9.47. The third-order valence-electron chi connectivity index (χ3n) is 22.6. The molecule has 0 radical (unpaired) electrons. The normalized spacial score (nSPS) is 26.1. The van der Waals surface area contributed by atoms with Gasteiger partial charge in [0, 0.05) is 46.3 Å². The smallest absolute Gasteiger partial charge is 0.141 e. The predicted octanol–water partition coefficient (Wildman–Crippen LogP) is 21.1. The first-order valence-electron chi connectivity index (χ1n) is 34.1. The zero-order valence-electron chi connectivity index (χ0n) is 50.9. The average Bonchev–Trinajstić information content (AvgIpc) is 1.96. The molecule has 0 atom stereocenters. The second kappa shape index (κ2) is 28.0. The van der Waals surface area contributed by atoms with Crippen LogP contribution in [-0.4, -0.2) is 40.4 Å². The molecule has 4 aliphatic carbocycles. The molecule has 0 saturated heterocycles. The van der Waals surface area contributed by atoms with E-state index in [-0.39, 0.29) is 28.4 Å². The molecular weight excluding hydrogens is 1040 g/mol. The van der Waals surface area contributed by atoms with Gasteiger partial charge in [-0.15, -0.1) is 0 Å². The Balaban J connectivity index is 0.880. The van der Waals surface area contributed by atoms with Crippen LogP contribution in [0.15, 0.2) is 122 Å². The largest absolute Gasteiger partial charge is 0.506 e. The fourth-order valence-corrected chi connectivity index (χ4v) is 18.8. The summed E-state index contributed by atoms with van der Waals surface area (Å²) < 4.78 is 0. The van der Waals surface area contributed by atoms with Crippen molar-refractivity contribution >= 4 is 43.6 Å². The Kier molecular flexibility index (Phi) is 19.5. The Morgan fingerprint density at radius 2 is 0.435 bits per heavy atom. The van der Waals surface area contributed by atoms with Gasteiger partial charge in [0.2, 0.25) is 0 Å². The molecule has 0 amide bonds. The van der Waals surface area contributed by atoms with Crippen molar-refractivity contribution in [1.29, 1.82) is 0 Å². The zero-order valence-corrected chi connectivity index (χ0v) is 50.9. The number of hydrogen-bond acceptors (Lipinski definition) is 8. The molecule has 8 aromatic rings. The molecule has 0 bridgehead atoms. The fraction of sp³-hybridized carbons (Fsp3) is 0.532. The minimum absolute atomic E-state index is 0.268. The van der Waals surface area contributed by atoms with Crippen LogP contribution < -0.4 is 0 Å². The first-order valence-corrected chi connectivity index (χ1v) is 34.1. The summed E-state index contributed by atoms with van der Waals surface area (Å²) in [5.74, 6) is 5.85. The van der Waals surface area contributed by atoms with Gasteiger partial charge in [0.05, 0.1) is 0 Å². The summed E-state index contributed by atoms with van der Waals surface area (Å²) in [4.78, 5) is 18.7. The quantitative estimate of drug-likeness (QED) is 0.118. The van der Waals surface area contributed by atoms with Crippen LogP contribution in [0.4, 0.5) is 0 Å². The van der Waals surface area contributed by atoms with Crippen LogP contribution in [0.2, 0.25) is 0 Å². The maximum Gasteiger partial charge on any atom is 0.141 e. The Morgan fingerprint density at radius 1 is 0.247 bits per heavy atom. The first-order chi connectivity index (χ1) is 41.9. The van der Waals surface area contributed by atoms with Gasteiger partial charge in [-0.3, -0.25) is 19.9 Å². The summed E-state index contributed by atoms with van der Waals surface area (Å²) in [5, 5.41) is 48.1. The monoisotopic (exact) mass is 1140 g/mol. The van der Waals surface area contributed by atoms with E-state index in [9.17, 15) is 20.4 Å². The Bertz CT molecular complexity index is 2980. The SMILES string of the molecule is Oc1cccc2c(C3CCCCC(C(C4CCCCC(c5ccnc6c(O)cccc56)CCCC4)(C4CCCCC(c5ccnc6c(O)cccc56)CCCC4)C4CCCCC(c5ccnc6c(O)cccc56)CCCC4)CCCC3)ccnc12. The second-order valence-corrected chi connectivity index (χ2v) is 27.1. The highest BCUT2D eigenvalue weighted by Gasteiger charge is 2.53. The van der Waals surface area contributed by atoms with Crippen LogP contribution in [0.1, 0.15) is 251 Å². The predicted molar refractivity (Wildman–Crippen MR) is 349 cm³/mol. The molecule has 4 aromatic heterocycles. The standard InChI is InChI=1S/C77H96N4O4/c82-69-41-17-37-65-61(45-49-78-73(65)69)53-21-1-9-29-57(30-10-2-22-53)77(58-31-11-3-23-54(24-4-12-32-58)62-46-50-79-74-66(62)38-18-42-70(74)83,59-33-13-5-25-55(26-6-14-34-59)63-47-51-80-75-67(63)39-19-43-71(75)84)60-35-15-7-27-56(28-8-16-36-60)64-48-52-81-76-68(64)40-20-44-72(76)85/h17-20,37-60,82-85H,1-16,21-36H2. The fourth-order valence-electron chi connectivity index (χ4n) is 18.8. The summed E-state index contributed by atoms with van der Waals surface area (Å²) in [6.07, 6.45) is 48.3. The molecule has 4 aromatic carbocycles. The molecule has 8 heteroatoms. The molecule has 448 valence electrons. The molecule has 0 aliphatic heterocycles. The number of phenols is 4. The van der Waals surface area contributed by atoms with E-state index >= 15 is 0 Å². The van der Waals surface area contributed by atoms with Crippen LogP contribution in [-0.2, 0) is 0 Å². The minimum Gasteiger partial charge on any atom is -0.506 e. The summed E-state index contributed by atoms with van der Waals surface area (Å²) in [6, 6.07) is 32.9. The van der Waals surface area contributed by atoms with Crippen molar-refractivity contribution in [3.8, 4) is 23.0 Å². The van der Waals surface area contributed by atoms with Gasteiger partial charge in [-0.05, 0) is 226 Å². The number of hydrogen-bond donors (Lipinski definition) is 4. The maximum absolute atomic E-state index is 10.9. The Hall–Kier alpha value is -6.28. The van der Waals surface area contributed by atoms with Crippen molar-refractivity contribution in [1.82, 2.24) is 19.9 Å². The van der Waals surface area contributed by atoms with E-state index in [1.54, 1.807) is 24.3 Å². The summed E-state index contributed by atoms with van der Waals surface area (Å²) in [6.45, 7) is 0. The number of rotatable bonds is 8. The van der Waals surface area contributed by atoms with Gasteiger partial charge in [-0.1, -0.05) is 151 Å². The van der Waals surface area contributed by atoms with Crippen molar-refractivity contribution in [2.24, 2.45) is 29.1 Å². The Morgan fingerprint density at radius 3 is 0.635 bits per heavy atom. The molecular formula is C77H96N4O4. The van der Waals surface area contributed by atoms with Gasteiger partial charge < -0.3 is 20.4 Å². The number of nitrogens with zero attached hydrogens (tertiary/aromatic N) is 4. The van der Waals surface area contributed by atoms with Crippen molar-refractivity contribution in [2.75, 3.05) is 0 Å². The van der Waals surface area contributed by atoms with Crippen LogP contribution >= 0.6 is 0 Å². The zero-order chi connectivity index (χ0) is 58.0. The lowest BCUT2D eigenvalue weighted by Crippen LogP contribution is -2.51. The maximum atomic E-state index is 10.9. The van der Waals surface area contributed by atoms with Gasteiger partial charge in [-0.25, -0.2) is 0 Å². The number of para-hydroxylation sites is 4. The number of benzene rings is 4. The molecule has 0 unspecified atom stereocenters. The number of aromatic hydroxyl groups is 4. The molecule has 0 spiro atoms. The van der Waals surface area contributed by atoms with E-state index in [2.05, 4.69) is 68.5 Å². The highest BCUT2D eigenvalue weighted by Crippen LogP contribution is 2.62. The second-order valence-electron chi connectivity index (χ2n) is 27.1. The van der Waals surface area contributed by atoms with Crippen molar-refractivity contribution < 1.29 is 20.4 Å². The number of pyridine rings is 4. The molecule has 8 nitrogen and oxygen atoms in total. The third-order valence-corrected chi connectivity index (χ3v) is 22.6. The van der Waals surface area contributed by atoms with E-state index in [4.69, 9.17) is 0 Å². The van der Waals surface area contributed by atoms with Crippen LogP contribution in [0.25, 0.3) is 43.6 Å². The van der Waals surface area contributed by atoms with Crippen LogP contribution in [0.5, 0.6) is 23.0 Å².